The summed E-state index contributed by atoms with van der Waals surface area (Å²) in [5.41, 5.74) is 12.9. The molecule has 4 aromatic carbocycles. The van der Waals surface area contributed by atoms with Crippen LogP contribution in [0.1, 0.15) is 143 Å². The van der Waals surface area contributed by atoms with Gasteiger partial charge in [-0.2, -0.15) is 0 Å². The van der Waals surface area contributed by atoms with E-state index in [1.807, 2.05) is 98.7 Å². The summed E-state index contributed by atoms with van der Waals surface area (Å²) in [5.74, 6) is -1.44. The van der Waals surface area contributed by atoms with Crippen molar-refractivity contribution in [1.29, 1.82) is 0 Å². The molecule has 344 valence electrons. The zero-order valence-electron chi connectivity index (χ0n) is 41.2. The Morgan fingerprint density at radius 2 is 1.03 bits per heavy atom. The quantitative estimate of drug-likeness (QED) is 0.114. The van der Waals surface area contributed by atoms with Gasteiger partial charge in [-0.05, 0) is 105 Å². The second kappa shape index (κ2) is 23.8. The summed E-state index contributed by atoms with van der Waals surface area (Å²) in [4.78, 5) is 53.5. The maximum absolute atomic E-state index is 13.6. The minimum atomic E-state index is -3.13. The number of carbonyl (C=O) groups excluding carboxylic acids is 4. The second-order valence-corrected chi connectivity index (χ2v) is 19.1. The van der Waals surface area contributed by atoms with Crippen LogP contribution in [-0.4, -0.2) is 80.2 Å². The van der Waals surface area contributed by atoms with E-state index in [1.54, 1.807) is 30.3 Å². The molecular weight excluding hydrogens is 860 g/mol. The van der Waals surface area contributed by atoms with Crippen molar-refractivity contribution in [1.82, 2.24) is 20.9 Å². The first kappa shape index (κ1) is 58.8. The molecule has 2 aliphatic heterocycles. The molecule has 6 rings (SSSR count). The zero-order valence-corrected chi connectivity index (χ0v) is 45.2. The summed E-state index contributed by atoms with van der Waals surface area (Å²) in [6.45, 7) is 21.2. The fourth-order valence-corrected chi connectivity index (χ4v) is 8.60. The summed E-state index contributed by atoms with van der Waals surface area (Å²) in [5, 5.41) is 33.0. The van der Waals surface area contributed by atoms with E-state index in [1.165, 1.54) is 16.1 Å². The standard InChI is InChI=1S/C24H32BN2O5.C24H31BN2O4.2Na.H2O/c1-7-21(24(4,5)6)27(23(29)19-11-15(2)10-16(3)12-19)26-22(28)17-8-9-18-14-32-25(30,31)20(18)13-17;1-7-21(24(4,5)6)27(23(29)19-11-15(2)10-16(3)12-19)26-22(28)17-8-9-18-14-31-25(30)20(18)13-17;;;/h8-13,21,30-31H,7,14H2,1-6H3,(H,26,28);8-13,21,30H,7,14H2,1-6H3,(H,26,28);;;1H2/q-1;;2*+1;/p-1/t2*21-;;;/m00.../s1. The van der Waals surface area contributed by atoms with Crippen LogP contribution in [0.3, 0.4) is 0 Å². The van der Waals surface area contributed by atoms with E-state index in [0.29, 0.717) is 47.2 Å². The minimum Gasteiger partial charge on any atom is -0.870 e. The summed E-state index contributed by atoms with van der Waals surface area (Å²) in [6.07, 6.45) is 1.31. The van der Waals surface area contributed by atoms with Crippen LogP contribution >= 0.6 is 0 Å². The minimum absolute atomic E-state index is 0. The van der Waals surface area contributed by atoms with Crippen molar-refractivity contribution in [3.63, 3.8) is 0 Å². The Labute approximate surface area is 434 Å². The topological polar surface area (TPSA) is 208 Å². The van der Waals surface area contributed by atoms with Crippen molar-refractivity contribution in [2.24, 2.45) is 10.8 Å². The third-order valence-electron chi connectivity index (χ3n) is 11.6. The Morgan fingerprint density at radius 1 is 0.636 bits per heavy atom. The number of amides is 4. The number of hydrazine groups is 2. The molecule has 2 atom stereocenters. The van der Waals surface area contributed by atoms with Crippen molar-refractivity contribution in [3.8, 4) is 0 Å². The molecule has 0 bridgehead atoms. The number of nitrogens with zero attached hydrogens (tertiary/aromatic N) is 2. The first-order chi connectivity index (χ1) is 29.3. The van der Waals surface area contributed by atoms with Gasteiger partial charge in [-0.3, -0.25) is 30.0 Å². The van der Waals surface area contributed by atoms with Crippen molar-refractivity contribution < 1.29 is 108 Å². The molecule has 0 aromatic heterocycles. The Morgan fingerprint density at radius 3 is 1.42 bits per heavy atom. The van der Waals surface area contributed by atoms with Gasteiger partial charge in [0.2, 0.25) is 0 Å². The molecule has 0 spiro atoms. The summed E-state index contributed by atoms with van der Waals surface area (Å²) < 4.78 is 10.2. The third kappa shape index (κ3) is 14.1. The number of benzene rings is 4. The van der Waals surface area contributed by atoms with E-state index in [0.717, 1.165) is 27.8 Å². The number of rotatable bonds is 8. The maximum Gasteiger partial charge on any atom is 1.00 e. The van der Waals surface area contributed by atoms with Crippen molar-refractivity contribution >= 4 is 48.4 Å². The Balaban J connectivity index is 0.000000434. The molecule has 0 aliphatic carbocycles. The molecule has 0 saturated heterocycles. The molecule has 0 radical (unpaired) electrons. The van der Waals surface area contributed by atoms with Gasteiger partial charge in [-0.25, -0.2) is 10.0 Å². The average Bonchev–Trinajstić information content (AvgIpc) is 3.72. The third-order valence-corrected chi connectivity index (χ3v) is 11.6. The predicted molar refractivity (Wildman–Crippen MR) is 248 cm³/mol. The monoisotopic (exact) mass is 924 g/mol. The van der Waals surface area contributed by atoms with Crippen LogP contribution in [0.15, 0.2) is 72.8 Å². The normalized spacial score (nSPS) is 14.3. The fourth-order valence-electron chi connectivity index (χ4n) is 8.60. The molecule has 4 aromatic rings. The second-order valence-electron chi connectivity index (χ2n) is 19.1. The maximum atomic E-state index is 13.6. The van der Waals surface area contributed by atoms with Crippen LogP contribution in [0.2, 0.25) is 0 Å². The molecule has 66 heavy (non-hydrogen) atoms. The fraction of sp³-hybridized carbons (Fsp3) is 0.417. The molecule has 6 N–H and O–H groups in total. The number of hydrogen-bond acceptors (Lipinski definition) is 10. The van der Waals surface area contributed by atoms with Gasteiger partial charge >= 0.3 is 73.0 Å². The number of nitrogens with one attached hydrogen (secondary N) is 2. The van der Waals surface area contributed by atoms with Gasteiger partial charge in [0.25, 0.3) is 23.6 Å². The first-order valence-corrected chi connectivity index (χ1v) is 21.6. The molecule has 18 heteroatoms. The Hall–Kier alpha value is -3.35. The summed E-state index contributed by atoms with van der Waals surface area (Å²) in [6, 6.07) is 20.5. The van der Waals surface area contributed by atoms with Gasteiger partial charge in [0.1, 0.15) is 0 Å². The largest absolute Gasteiger partial charge is 1.00 e. The SMILES string of the molecule is CC[C@H](N(NC(=O)c1ccc2c(c1)B(O)OC2)C(=O)c1cc(C)cc(C)c1)C(C)(C)C.CC[C@H](N(NC(=O)c1ccc2c(c1)[B-](O)(O)OC2)C(=O)c1cc(C)cc(C)c1)C(C)(C)C.[Na+].[Na+].[OH-]. The molecule has 4 amide bonds. The van der Waals surface area contributed by atoms with Crippen molar-refractivity contribution in [2.75, 3.05) is 0 Å². The predicted octanol–water partition coefficient (Wildman–Crippen LogP) is -0.460. The molecule has 14 nitrogen and oxygen atoms in total. The van der Waals surface area contributed by atoms with E-state index in [4.69, 9.17) is 9.31 Å². The Bertz CT molecular complexity index is 2350. The van der Waals surface area contributed by atoms with Crippen LogP contribution in [-0.2, 0) is 22.5 Å². The van der Waals surface area contributed by atoms with Gasteiger partial charge in [0, 0.05) is 28.9 Å². The summed E-state index contributed by atoms with van der Waals surface area (Å²) >= 11 is 0. The number of fused-ring (bicyclic) bond motifs is 2. The molecule has 0 unspecified atom stereocenters. The molecular formula is C48H64B2N4Na2O10. The molecule has 0 saturated carbocycles. The van der Waals surface area contributed by atoms with Crippen molar-refractivity contribution in [3.05, 3.63) is 128 Å². The first-order valence-electron chi connectivity index (χ1n) is 21.6. The van der Waals surface area contributed by atoms with Gasteiger partial charge in [-0.1, -0.05) is 114 Å². The van der Waals surface area contributed by atoms with Crippen LogP contribution in [0.25, 0.3) is 0 Å². The molecule has 0 fully saturated rings. The molecule has 2 heterocycles. The van der Waals surface area contributed by atoms with Gasteiger partial charge in [0.05, 0.1) is 18.7 Å². The Kier molecular flexibility index (Phi) is 21.2. The summed E-state index contributed by atoms with van der Waals surface area (Å²) in [7, 11) is -1.03. The van der Waals surface area contributed by atoms with Crippen LogP contribution in [0, 0.1) is 38.5 Å². The number of carbonyl (C=O) groups is 4. The van der Waals surface area contributed by atoms with Gasteiger partial charge in [0.15, 0.2) is 0 Å². The molecule has 2 aliphatic rings. The smallest absolute Gasteiger partial charge is 0.870 e. The van der Waals surface area contributed by atoms with Crippen molar-refractivity contribution in [2.45, 2.75) is 121 Å². The van der Waals surface area contributed by atoms with Crippen LogP contribution in [0.4, 0.5) is 0 Å². The van der Waals surface area contributed by atoms with Gasteiger partial charge < -0.3 is 29.9 Å². The average molecular weight is 925 g/mol. The van der Waals surface area contributed by atoms with E-state index < -0.39 is 25.7 Å². The number of aryl methyl sites for hydroxylation is 4. The van der Waals surface area contributed by atoms with Crippen LogP contribution < -0.4 is 80.9 Å². The number of hydrogen-bond donors (Lipinski definition) is 5. The zero-order chi connectivity index (χ0) is 46.8. The van der Waals surface area contributed by atoms with Crippen LogP contribution in [0.5, 0.6) is 0 Å². The van der Waals surface area contributed by atoms with E-state index in [2.05, 4.69) is 31.6 Å². The van der Waals surface area contributed by atoms with E-state index in [-0.39, 0.29) is 117 Å². The van der Waals surface area contributed by atoms with E-state index in [9.17, 15) is 34.3 Å². The van der Waals surface area contributed by atoms with Gasteiger partial charge in [-0.15, -0.1) is 5.46 Å². The van der Waals surface area contributed by atoms with E-state index >= 15 is 0 Å².